The van der Waals surface area contributed by atoms with E-state index >= 15 is 0 Å². The van der Waals surface area contributed by atoms with Gasteiger partial charge in [-0.1, -0.05) is 30.3 Å². The van der Waals surface area contributed by atoms with Crippen LogP contribution in [0.5, 0.6) is 0 Å². The first-order chi connectivity index (χ1) is 15.1. The van der Waals surface area contributed by atoms with Crippen LogP contribution in [0, 0.1) is 0 Å². The summed E-state index contributed by atoms with van der Waals surface area (Å²) in [5, 5.41) is 10.1. The zero-order chi connectivity index (χ0) is 22.1. The maximum absolute atomic E-state index is 11.6. The van der Waals surface area contributed by atoms with Crippen LogP contribution in [-0.2, 0) is 6.42 Å². The number of hydrogen-bond donors (Lipinski definition) is 5. The van der Waals surface area contributed by atoms with E-state index < -0.39 is 0 Å². The lowest BCUT2D eigenvalue weighted by molar-refractivity contribution is 0.0953. The molecule has 2 aromatic carbocycles. The molecule has 1 amide bonds. The van der Waals surface area contributed by atoms with Crippen LogP contribution in [0.25, 0.3) is 0 Å². The molecule has 168 valence electrons. The van der Waals surface area contributed by atoms with E-state index in [-0.39, 0.29) is 5.91 Å². The summed E-state index contributed by atoms with van der Waals surface area (Å²) >= 11 is 0. The van der Waals surface area contributed by atoms with E-state index in [1.54, 1.807) is 0 Å². The van der Waals surface area contributed by atoms with Crippen molar-refractivity contribution in [2.24, 2.45) is 5.84 Å². The lowest BCUT2D eigenvalue weighted by atomic mass is 9.94. The second kappa shape index (κ2) is 11.8. The van der Waals surface area contributed by atoms with Crippen molar-refractivity contribution < 1.29 is 4.79 Å². The molecule has 3 atom stereocenters. The minimum atomic E-state index is -0.265. The third-order valence-corrected chi connectivity index (χ3v) is 5.83. The van der Waals surface area contributed by atoms with Gasteiger partial charge in [0.1, 0.15) is 0 Å². The van der Waals surface area contributed by atoms with Crippen molar-refractivity contribution in [1.29, 1.82) is 0 Å². The molecule has 2 fully saturated rings. The molecule has 6 N–H and O–H groups in total. The van der Waals surface area contributed by atoms with Crippen molar-refractivity contribution >= 4 is 11.6 Å². The summed E-state index contributed by atoms with van der Waals surface area (Å²) in [6.07, 6.45) is 0.917. The molecule has 0 aliphatic carbocycles. The molecule has 7 heteroatoms. The molecule has 2 aliphatic rings. The van der Waals surface area contributed by atoms with Crippen LogP contribution in [0.15, 0.2) is 54.6 Å². The van der Waals surface area contributed by atoms with Gasteiger partial charge < -0.3 is 20.9 Å². The Hall–Kier alpha value is -2.45. The fraction of sp³-hybridized carbons (Fsp3) is 0.458. The second-order valence-electron chi connectivity index (χ2n) is 8.29. The first-order valence-corrected chi connectivity index (χ1v) is 11.2. The Morgan fingerprint density at radius 2 is 1.61 bits per heavy atom. The van der Waals surface area contributed by atoms with Gasteiger partial charge in [0.15, 0.2) is 0 Å². The zero-order valence-corrected chi connectivity index (χ0v) is 18.6. The van der Waals surface area contributed by atoms with Crippen LogP contribution in [0.2, 0.25) is 0 Å². The molecule has 7 nitrogen and oxygen atoms in total. The molecule has 2 aliphatic heterocycles. The van der Waals surface area contributed by atoms with Crippen LogP contribution in [0.4, 0.5) is 5.69 Å². The molecule has 3 unspecified atom stereocenters. The molecular formula is C24H36N6O. The predicted octanol–water partition coefficient (Wildman–Crippen LogP) is 1.27. The van der Waals surface area contributed by atoms with Crippen LogP contribution < -0.4 is 32.1 Å². The standard InChI is InChI=1S/C20H26N4O.C4H10N2/c1-14-13-24(18-6-4-3-5-7-18)19(15(2)22-14)12-16-8-10-17(11-9-16)20(25)23-21;1-2-6-4-3-5-1/h3-11,14-15,19,22H,12-13,21H2,1-2H3,(H,23,25);5-6H,1-4H2. The number of amides is 1. The van der Waals surface area contributed by atoms with E-state index in [4.69, 9.17) is 5.84 Å². The average molecular weight is 425 g/mol. The van der Waals surface area contributed by atoms with Gasteiger partial charge in [0, 0.05) is 62.1 Å². The Morgan fingerprint density at radius 1 is 1.00 bits per heavy atom. The van der Waals surface area contributed by atoms with E-state index in [0.29, 0.717) is 23.7 Å². The third-order valence-electron chi connectivity index (χ3n) is 5.83. The summed E-state index contributed by atoms with van der Waals surface area (Å²) in [6, 6.07) is 19.4. The van der Waals surface area contributed by atoms with Gasteiger partial charge in [-0.25, -0.2) is 5.84 Å². The highest BCUT2D eigenvalue weighted by atomic mass is 16.2. The van der Waals surface area contributed by atoms with E-state index in [0.717, 1.165) is 39.1 Å². The summed E-state index contributed by atoms with van der Waals surface area (Å²) in [5.41, 5.74) is 5.21. The minimum absolute atomic E-state index is 0.265. The van der Waals surface area contributed by atoms with Gasteiger partial charge in [0.25, 0.3) is 5.91 Å². The Labute approximate surface area is 185 Å². The van der Waals surface area contributed by atoms with Gasteiger partial charge in [-0.05, 0) is 50.1 Å². The normalized spacial score (nSPS) is 23.5. The molecule has 2 heterocycles. The van der Waals surface area contributed by atoms with Crippen LogP contribution in [0.3, 0.4) is 0 Å². The SMILES string of the molecule is C1CNCCN1.CC1CN(c2ccccc2)C(Cc2ccc(C(=O)NN)cc2)C(C)N1. The largest absolute Gasteiger partial charge is 0.365 e. The van der Waals surface area contributed by atoms with Crippen molar-refractivity contribution in [2.45, 2.75) is 38.4 Å². The quantitative estimate of drug-likeness (QED) is 0.288. The molecule has 0 aromatic heterocycles. The number of anilines is 1. The fourth-order valence-corrected chi connectivity index (χ4v) is 4.24. The highest BCUT2D eigenvalue weighted by Crippen LogP contribution is 2.25. The monoisotopic (exact) mass is 424 g/mol. The van der Waals surface area contributed by atoms with Crippen molar-refractivity contribution in [3.63, 3.8) is 0 Å². The van der Waals surface area contributed by atoms with Crippen molar-refractivity contribution in [1.82, 2.24) is 21.4 Å². The number of benzene rings is 2. The van der Waals surface area contributed by atoms with Crippen molar-refractivity contribution in [3.05, 3.63) is 65.7 Å². The predicted molar refractivity (Wildman–Crippen MR) is 127 cm³/mol. The number of nitrogen functional groups attached to an aromatic ring is 1. The van der Waals surface area contributed by atoms with E-state index in [1.165, 1.54) is 11.3 Å². The van der Waals surface area contributed by atoms with Gasteiger partial charge in [0.05, 0.1) is 0 Å². The van der Waals surface area contributed by atoms with Crippen molar-refractivity contribution in [3.8, 4) is 0 Å². The number of nitrogens with zero attached hydrogens (tertiary/aromatic N) is 1. The summed E-state index contributed by atoms with van der Waals surface area (Å²) in [6.45, 7) is 10.0. The van der Waals surface area contributed by atoms with Crippen LogP contribution in [-0.4, -0.2) is 56.8 Å². The summed E-state index contributed by atoms with van der Waals surface area (Å²) in [4.78, 5) is 14.1. The Bertz CT molecular complexity index is 782. The number of rotatable bonds is 4. The number of hydrogen-bond acceptors (Lipinski definition) is 6. The summed E-state index contributed by atoms with van der Waals surface area (Å²) in [5.74, 6) is 4.93. The maximum atomic E-state index is 11.6. The molecule has 31 heavy (non-hydrogen) atoms. The van der Waals surface area contributed by atoms with Crippen LogP contribution >= 0.6 is 0 Å². The molecule has 0 spiro atoms. The molecular weight excluding hydrogens is 388 g/mol. The number of para-hydroxylation sites is 1. The topological polar surface area (TPSA) is 94.5 Å². The van der Waals surface area contributed by atoms with Gasteiger partial charge in [-0.15, -0.1) is 0 Å². The minimum Gasteiger partial charge on any atom is -0.365 e. The Balaban J connectivity index is 0.000000391. The van der Waals surface area contributed by atoms with Gasteiger partial charge >= 0.3 is 0 Å². The fourth-order valence-electron chi connectivity index (χ4n) is 4.24. The third kappa shape index (κ3) is 6.77. The molecule has 2 aromatic rings. The van der Waals surface area contributed by atoms with E-state index in [9.17, 15) is 4.79 Å². The first kappa shape index (κ1) is 23.2. The van der Waals surface area contributed by atoms with E-state index in [2.05, 4.69) is 70.5 Å². The molecule has 0 bridgehead atoms. The molecule has 0 saturated carbocycles. The van der Waals surface area contributed by atoms with Crippen molar-refractivity contribution in [2.75, 3.05) is 37.6 Å². The number of carbonyl (C=O) groups excluding carboxylic acids is 1. The lowest BCUT2D eigenvalue weighted by Crippen LogP contribution is -2.61. The molecule has 2 saturated heterocycles. The summed E-state index contributed by atoms with van der Waals surface area (Å²) in [7, 11) is 0. The maximum Gasteiger partial charge on any atom is 0.265 e. The van der Waals surface area contributed by atoms with Crippen LogP contribution in [0.1, 0.15) is 29.8 Å². The smallest absolute Gasteiger partial charge is 0.265 e. The highest BCUT2D eigenvalue weighted by molar-refractivity contribution is 5.93. The summed E-state index contributed by atoms with van der Waals surface area (Å²) < 4.78 is 0. The lowest BCUT2D eigenvalue weighted by Gasteiger charge is -2.45. The van der Waals surface area contributed by atoms with Gasteiger partial charge in [-0.2, -0.15) is 0 Å². The Morgan fingerprint density at radius 3 is 2.16 bits per heavy atom. The molecule has 0 radical (unpaired) electrons. The average Bonchev–Trinajstić information content (AvgIpc) is 2.82. The van der Waals surface area contributed by atoms with Gasteiger partial charge in [-0.3, -0.25) is 10.2 Å². The number of carbonyl (C=O) groups is 1. The Kier molecular flexibility index (Phi) is 8.85. The number of nitrogens with one attached hydrogen (secondary N) is 4. The van der Waals surface area contributed by atoms with E-state index in [1.807, 2.05) is 24.3 Å². The number of hydrazine groups is 1. The zero-order valence-electron chi connectivity index (χ0n) is 18.6. The highest BCUT2D eigenvalue weighted by Gasteiger charge is 2.31. The molecule has 4 rings (SSSR count). The van der Waals surface area contributed by atoms with Gasteiger partial charge in [0.2, 0.25) is 0 Å². The first-order valence-electron chi connectivity index (χ1n) is 11.2. The second-order valence-corrected chi connectivity index (χ2v) is 8.29. The number of nitrogens with two attached hydrogens (primary N) is 1. The number of piperazine rings is 2.